The zero-order valence-corrected chi connectivity index (χ0v) is 19.0. The molecule has 1 aromatic heterocycles. The lowest BCUT2D eigenvalue weighted by molar-refractivity contribution is -0.144. The Bertz CT molecular complexity index is 1100. The van der Waals surface area contributed by atoms with Crippen LogP contribution in [0, 0.1) is 5.82 Å². The highest BCUT2D eigenvalue weighted by Crippen LogP contribution is 2.24. The van der Waals surface area contributed by atoms with Crippen LogP contribution in [0.3, 0.4) is 0 Å². The van der Waals surface area contributed by atoms with Gasteiger partial charge in [-0.15, -0.1) is 0 Å². The van der Waals surface area contributed by atoms with Gasteiger partial charge < -0.3 is 9.47 Å². The third-order valence-electron chi connectivity index (χ3n) is 5.76. The summed E-state index contributed by atoms with van der Waals surface area (Å²) in [7, 11) is 0. The van der Waals surface area contributed by atoms with Gasteiger partial charge in [-0.3, -0.25) is 9.69 Å². The van der Waals surface area contributed by atoms with Gasteiger partial charge in [0.1, 0.15) is 18.2 Å². The van der Waals surface area contributed by atoms with Gasteiger partial charge in [-0.2, -0.15) is 0 Å². The lowest BCUT2D eigenvalue weighted by atomic mass is 10.0. The van der Waals surface area contributed by atoms with Gasteiger partial charge in [-0.05, 0) is 55.8 Å². The minimum absolute atomic E-state index is 0.108. The molecule has 3 aromatic rings. The molecule has 0 radical (unpaired) electrons. The Morgan fingerprint density at radius 1 is 1.21 bits per heavy atom. The molecular formula is C26H28FN3O3. The summed E-state index contributed by atoms with van der Waals surface area (Å²) in [6.45, 7) is 6.15. The number of fused-ring (bicyclic) bond motifs is 1. The van der Waals surface area contributed by atoms with Crippen LogP contribution < -0.4 is 4.74 Å². The summed E-state index contributed by atoms with van der Waals surface area (Å²) in [4.78, 5) is 23.4. The van der Waals surface area contributed by atoms with Crippen molar-refractivity contribution in [1.82, 2.24) is 14.9 Å². The van der Waals surface area contributed by atoms with Crippen LogP contribution >= 0.6 is 0 Å². The van der Waals surface area contributed by atoms with Crippen molar-refractivity contribution in [2.24, 2.45) is 0 Å². The second kappa shape index (κ2) is 10.5. The molecule has 1 atom stereocenters. The number of carbonyl (C=O) groups excluding carboxylic acids is 1. The van der Waals surface area contributed by atoms with Gasteiger partial charge in [0.2, 0.25) is 0 Å². The van der Waals surface area contributed by atoms with Crippen molar-refractivity contribution in [3.63, 3.8) is 0 Å². The number of halogens is 1. The monoisotopic (exact) mass is 449 g/mol. The quantitative estimate of drug-likeness (QED) is 0.470. The van der Waals surface area contributed by atoms with Gasteiger partial charge in [0, 0.05) is 42.9 Å². The highest BCUT2D eigenvalue weighted by atomic mass is 19.1. The first-order valence-electron chi connectivity index (χ1n) is 11.2. The maximum atomic E-state index is 13.3. The van der Waals surface area contributed by atoms with Gasteiger partial charge in [-0.25, -0.2) is 14.4 Å². The maximum Gasteiger partial charge on any atom is 0.307 e. The Kier molecular flexibility index (Phi) is 7.29. The van der Waals surface area contributed by atoms with Crippen LogP contribution in [0.5, 0.6) is 5.75 Å². The number of benzene rings is 2. The molecule has 33 heavy (non-hydrogen) atoms. The molecule has 0 saturated heterocycles. The molecular weight excluding hydrogens is 421 g/mol. The first kappa shape index (κ1) is 22.9. The molecule has 0 aliphatic carbocycles. The molecule has 0 spiro atoms. The minimum atomic E-state index is -0.271. The fourth-order valence-corrected chi connectivity index (χ4v) is 3.94. The first-order valence-corrected chi connectivity index (χ1v) is 11.2. The number of hydrogen-bond acceptors (Lipinski definition) is 6. The predicted molar refractivity (Wildman–Crippen MR) is 123 cm³/mol. The van der Waals surface area contributed by atoms with Crippen LogP contribution in [0.25, 0.3) is 11.4 Å². The SMILES string of the molecule is CCOC(=O)CC(C)N1CCc2nc(-c3ccc(OCc4cccc(F)c4)cc3)ncc2C1. The van der Waals surface area contributed by atoms with Crippen LogP contribution in [0.1, 0.15) is 37.1 Å². The number of hydrogen-bond donors (Lipinski definition) is 0. The molecule has 2 heterocycles. The van der Waals surface area contributed by atoms with Crippen LogP contribution in [0.4, 0.5) is 4.39 Å². The normalized spacial score (nSPS) is 14.4. The highest BCUT2D eigenvalue weighted by molar-refractivity contribution is 5.70. The largest absolute Gasteiger partial charge is 0.489 e. The highest BCUT2D eigenvalue weighted by Gasteiger charge is 2.24. The molecule has 2 aromatic carbocycles. The molecule has 0 fully saturated rings. The van der Waals surface area contributed by atoms with E-state index in [1.165, 1.54) is 12.1 Å². The van der Waals surface area contributed by atoms with E-state index in [0.717, 1.165) is 41.9 Å². The number of ether oxygens (including phenoxy) is 2. The topological polar surface area (TPSA) is 64.5 Å². The number of carbonyl (C=O) groups is 1. The number of esters is 1. The lowest BCUT2D eigenvalue weighted by Crippen LogP contribution is -2.39. The summed E-state index contributed by atoms with van der Waals surface area (Å²) in [5.74, 6) is 0.948. The van der Waals surface area contributed by atoms with Crippen LogP contribution in [-0.2, 0) is 29.1 Å². The minimum Gasteiger partial charge on any atom is -0.489 e. The summed E-state index contributed by atoms with van der Waals surface area (Å²) < 4.78 is 24.1. The van der Waals surface area contributed by atoms with Gasteiger partial charge in [0.15, 0.2) is 5.82 Å². The molecule has 1 aliphatic heterocycles. The average molecular weight is 450 g/mol. The van der Waals surface area contributed by atoms with Gasteiger partial charge >= 0.3 is 5.97 Å². The molecule has 7 heteroatoms. The molecule has 0 bridgehead atoms. The van der Waals surface area contributed by atoms with Crippen molar-refractivity contribution < 1.29 is 18.7 Å². The van der Waals surface area contributed by atoms with Gasteiger partial charge in [0.05, 0.1) is 18.7 Å². The zero-order valence-electron chi connectivity index (χ0n) is 19.0. The van der Waals surface area contributed by atoms with Gasteiger partial charge in [-0.1, -0.05) is 12.1 Å². The molecule has 0 amide bonds. The van der Waals surface area contributed by atoms with Crippen molar-refractivity contribution in [2.45, 2.75) is 45.9 Å². The van der Waals surface area contributed by atoms with E-state index in [1.54, 1.807) is 6.07 Å². The Labute approximate surface area is 193 Å². The first-order chi connectivity index (χ1) is 16.0. The summed E-state index contributed by atoms with van der Waals surface area (Å²) in [5, 5.41) is 0. The van der Waals surface area contributed by atoms with E-state index in [4.69, 9.17) is 14.5 Å². The van der Waals surface area contributed by atoms with Crippen LogP contribution in [-0.4, -0.2) is 40.0 Å². The van der Waals surface area contributed by atoms with Crippen molar-refractivity contribution in [3.05, 3.63) is 77.4 Å². The van der Waals surface area contributed by atoms with Crippen LogP contribution in [0.15, 0.2) is 54.7 Å². The van der Waals surface area contributed by atoms with E-state index in [-0.39, 0.29) is 17.8 Å². The van der Waals surface area contributed by atoms with E-state index in [2.05, 4.69) is 16.8 Å². The summed E-state index contributed by atoms with van der Waals surface area (Å²) in [5.41, 5.74) is 3.83. The third kappa shape index (κ3) is 5.93. The van der Waals surface area contributed by atoms with Gasteiger partial charge in [0.25, 0.3) is 0 Å². The molecule has 172 valence electrons. The maximum absolute atomic E-state index is 13.3. The number of rotatable bonds is 8. The van der Waals surface area contributed by atoms with E-state index < -0.39 is 0 Å². The molecule has 1 unspecified atom stereocenters. The second-order valence-corrected chi connectivity index (χ2v) is 8.19. The molecule has 1 aliphatic rings. The molecule has 4 rings (SSSR count). The van der Waals surface area contributed by atoms with Crippen molar-refractivity contribution in [2.75, 3.05) is 13.2 Å². The zero-order chi connectivity index (χ0) is 23.2. The average Bonchev–Trinajstić information content (AvgIpc) is 2.82. The van der Waals surface area contributed by atoms with Crippen LogP contribution in [0.2, 0.25) is 0 Å². The molecule has 6 nitrogen and oxygen atoms in total. The Morgan fingerprint density at radius 3 is 2.79 bits per heavy atom. The molecule has 0 N–H and O–H groups in total. The Hall–Kier alpha value is -3.32. The summed E-state index contributed by atoms with van der Waals surface area (Å²) in [6.07, 6.45) is 3.08. The van der Waals surface area contributed by atoms with Crippen molar-refractivity contribution in [1.29, 1.82) is 0 Å². The van der Waals surface area contributed by atoms with E-state index in [1.807, 2.05) is 43.5 Å². The molecule has 0 saturated carbocycles. The van der Waals surface area contributed by atoms with E-state index >= 15 is 0 Å². The van der Waals surface area contributed by atoms with E-state index in [9.17, 15) is 9.18 Å². The summed E-state index contributed by atoms with van der Waals surface area (Å²) in [6, 6.07) is 14.1. The van der Waals surface area contributed by atoms with E-state index in [0.29, 0.717) is 31.2 Å². The predicted octanol–water partition coefficient (Wildman–Crippen LogP) is 4.56. The number of aromatic nitrogens is 2. The van der Waals surface area contributed by atoms with Crippen molar-refractivity contribution >= 4 is 5.97 Å². The Morgan fingerprint density at radius 2 is 2.03 bits per heavy atom. The third-order valence-corrected chi connectivity index (χ3v) is 5.76. The summed E-state index contributed by atoms with van der Waals surface area (Å²) >= 11 is 0. The Balaban J connectivity index is 1.37. The second-order valence-electron chi connectivity index (χ2n) is 8.19. The fourth-order valence-electron chi connectivity index (χ4n) is 3.94. The number of nitrogens with zero attached hydrogens (tertiary/aromatic N) is 3. The van der Waals surface area contributed by atoms with Crippen molar-refractivity contribution in [3.8, 4) is 17.1 Å². The lowest BCUT2D eigenvalue weighted by Gasteiger charge is -2.32. The smallest absolute Gasteiger partial charge is 0.307 e. The fraction of sp³-hybridized carbons (Fsp3) is 0.346. The standard InChI is InChI=1S/C26H28FN3O3/c1-3-32-25(31)13-18(2)30-12-11-24-21(16-30)15-28-26(29-24)20-7-9-23(10-8-20)33-17-19-5-4-6-22(27)14-19/h4-10,14-15,18H,3,11-13,16-17H2,1-2H3.